The first-order chi connectivity index (χ1) is 7.74. The maximum atomic E-state index is 12.1. The predicted molar refractivity (Wildman–Crippen MR) is 57.7 cm³/mol. The van der Waals surface area contributed by atoms with Crippen molar-refractivity contribution in [3.63, 3.8) is 0 Å². The van der Waals surface area contributed by atoms with Crippen LogP contribution in [0.2, 0.25) is 0 Å². The molecule has 0 saturated heterocycles. The Hall–Kier alpha value is -1.50. The van der Waals surface area contributed by atoms with Gasteiger partial charge < -0.3 is 5.32 Å². The highest BCUT2D eigenvalue weighted by Crippen LogP contribution is 2.10. The Bertz CT molecular complexity index is 426. The van der Waals surface area contributed by atoms with Gasteiger partial charge in [0.05, 0.1) is 12.1 Å². The van der Waals surface area contributed by atoms with E-state index in [1.807, 2.05) is 0 Å². The van der Waals surface area contributed by atoms with Crippen LogP contribution in [0.15, 0.2) is 24.0 Å². The zero-order valence-corrected chi connectivity index (χ0v) is 9.12. The highest BCUT2D eigenvalue weighted by atomic mass is 32.1. The molecule has 0 atom stereocenters. The van der Waals surface area contributed by atoms with Crippen LogP contribution in [-0.4, -0.2) is 21.2 Å². The number of hydrogen-bond donors (Lipinski definition) is 1. The first-order valence-electron chi connectivity index (χ1n) is 4.67. The SMILES string of the molecule is FC(F)Cn1ccc(NCc2cncs2)n1. The molecule has 1 N–H and O–H groups in total. The molecule has 2 aromatic heterocycles. The summed E-state index contributed by atoms with van der Waals surface area (Å²) in [5.74, 6) is 0.592. The summed E-state index contributed by atoms with van der Waals surface area (Å²) in [4.78, 5) is 5.01. The predicted octanol–water partition coefficient (Wildman–Crippen LogP) is 2.22. The van der Waals surface area contributed by atoms with Gasteiger partial charge in [-0.15, -0.1) is 11.3 Å². The molecule has 0 unspecified atom stereocenters. The molecule has 0 fully saturated rings. The standard InChI is InChI=1S/C9H10F2N4S/c10-8(11)5-15-2-1-9(14-15)13-4-7-3-12-6-16-7/h1-3,6,8H,4-5H2,(H,13,14). The van der Waals surface area contributed by atoms with E-state index in [2.05, 4.69) is 15.4 Å². The Labute approximate surface area is 94.9 Å². The van der Waals surface area contributed by atoms with Crippen LogP contribution < -0.4 is 5.32 Å². The van der Waals surface area contributed by atoms with Crippen molar-refractivity contribution in [2.75, 3.05) is 5.32 Å². The Morgan fingerprint density at radius 2 is 2.38 bits per heavy atom. The van der Waals surface area contributed by atoms with Gasteiger partial charge in [0.2, 0.25) is 0 Å². The fourth-order valence-corrected chi connectivity index (χ4v) is 1.74. The third-order valence-corrected chi connectivity index (χ3v) is 2.67. The number of nitrogens with one attached hydrogen (secondary N) is 1. The van der Waals surface area contributed by atoms with Crippen LogP contribution in [0.1, 0.15) is 4.88 Å². The summed E-state index contributed by atoms with van der Waals surface area (Å²) in [6, 6.07) is 1.67. The fraction of sp³-hybridized carbons (Fsp3) is 0.333. The number of nitrogens with zero attached hydrogens (tertiary/aromatic N) is 3. The quantitative estimate of drug-likeness (QED) is 0.877. The van der Waals surface area contributed by atoms with Gasteiger partial charge in [0.15, 0.2) is 0 Å². The summed E-state index contributed by atoms with van der Waals surface area (Å²) in [7, 11) is 0. The first-order valence-corrected chi connectivity index (χ1v) is 5.55. The number of hydrogen-bond acceptors (Lipinski definition) is 4. The Balaban J connectivity index is 1.88. The van der Waals surface area contributed by atoms with Crippen LogP contribution in [-0.2, 0) is 13.1 Å². The average molecular weight is 244 g/mol. The highest BCUT2D eigenvalue weighted by Gasteiger charge is 2.05. The molecule has 86 valence electrons. The van der Waals surface area contributed by atoms with E-state index in [1.54, 1.807) is 17.8 Å². The lowest BCUT2D eigenvalue weighted by molar-refractivity contribution is 0.122. The monoisotopic (exact) mass is 244 g/mol. The van der Waals surface area contributed by atoms with E-state index in [4.69, 9.17) is 0 Å². The Morgan fingerprint density at radius 1 is 1.50 bits per heavy atom. The second kappa shape index (κ2) is 5.02. The van der Waals surface area contributed by atoms with Crippen molar-refractivity contribution in [2.45, 2.75) is 19.5 Å². The molecule has 0 aliphatic heterocycles. The van der Waals surface area contributed by atoms with Gasteiger partial charge in [0, 0.05) is 23.3 Å². The van der Waals surface area contributed by atoms with Gasteiger partial charge in [-0.1, -0.05) is 0 Å². The maximum absolute atomic E-state index is 12.1. The van der Waals surface area contributed by atoms with Gasteiger partial charge in [-0.25, -0.2) is 8.78 Å². The highest BCUT2D eigenvalue weighted by molar-refractivity contribution is 7.09. The molecular formula is C9H10F2N4S. The third-order valence-electron chi connectivity index (χ3n) is 1.89. The van der Waals surface area contributed by atoms with Gasteiger partial charge in [0.25, 0.3) is 6.43 Å². The number of thiazole rings is 1. The second-order valence-corrected chi connectivity index (χ2v) is 4.11. The van der Waals surface area contributed by atoms with E-state index in [-0.39, 0.29) is 6.54 Å². The largest absolute Gasteiger partial charge is 0.364 e. The van der Waals surface area contributed by atoms with E-state index >= 15 is 0 Å². The van der Waals surface area contributed by atoms with Crippen molar-refractivity contribution in [1.29, 1.82) is 0 Å². The van der Waals surface area contributed by atoms with Crippen LogP contribution in [0.25, 0.3) is 0 Å². The number of anilines is 1. The van der Waals surface area contributed by atoms with E-state index < -0.39 is 6.43 Å². The van der Waals surface area contributed by atoms with Crippen LogP contribution in [0.4, 0.5) is 14.6 Å². The summed E-state index contributed by atoms with van der Waals surface area (Å²) < 4.78 is 25.3. The summed E-state index contributed by atoms with van der Waals surface area (Å²) in [6.07, 6.45) is 0.906. The molecule has 0 aromatic carbocycles. The van der Waals surface area contributed by atoms with Crippen molar-refractivity contribution in [1.82, 2.24) is 14.8 Å². The lowest BCUT2D eigenvalue weighted by atomic mass is 10.5. The van der Waals surface area contributed by atoms with Gasteiger partial charge in [-0.2, -0.15) is 5.10 Å². The molecule has 0 saturated carbocycles. The molecule has 16 heavy (non-hydrogen) atoms. The fourth-order valence-electron chi connectivity index (χ4n) is 1.21. The summed E-state index contributed by atoms with van der Waals surface area (Å²) in [6.45, 7) is 0.235. The van der Waals surface area contributed by atoms with Crippen molar-refractivity contribution >= 4 is 17.2 Å². The van der Waals surface area contributed by atoms with Gasteiger partial charge in [-0.3, -0.25) is 9.67 Å². The first kappa shape index (κ1) is 11.0. The molecule has 4 nitrogen and oxygen atoms in total. The van der Waals surface area contributed by atoms with Gasteiger partial charge in [0.1, 0.15) is 12.4 Å². The Kier molecular flexibility index (Phi) is 3.45. The van der Waals surface area contributed by atoms with Crippen LogP contribution in [0.5, 0.6) is 0 Å². The molecule has 2 aromatic rings. The van der Waals surface area contributed by atoms with Crippen LogP contribution in [0, 0.1) is 0 Å². The average Bonchev–Trinajstić information content (AvgIpc) is 2.84. The van der Waals surface area contributed by atoms with E-state index in [0.717, 1.165) is 4.88 Å². The van der Waals surface area contributed by atoms with Gasteiger partial charge in [-0.05, 0) is 0 Å². The van der Waals surface area contributed by atoms with Crippen molar-refractivity contribution < 1.29 is 8.78 Å². The number of alkyl halides is 2. The molecule has 0 bridgehead atoms. The van der Waals surface area contributed by atoms with Crippen molar-refractivity contribution in [3.05, 3.63) is 28.8 Å². The minimum Gasteiger partial charge on any atom is -0.364 e. The summed E-state index contributed by atoms with van der Waals surface area (Å²) in [5.41, 5.74) is 1.74. The lowest BCUT2D eigenvalue weighted by Gasteiger charge is -2.00. The van der Waals surface area contributed by atoms with E-state index in [0.29, 0.717) is 12.4 Å². The Morgan fingerprint density at radius 3 is 3.06 bits per heavy atom. The van der Waals surface area contributed by atoms with E-state index in [1.165, 1.54) is 22.2 Å². The smallest absolute Gasteiger partial charge is 0.257 e. The molecule has 0 radical (unpaired) electrons. The molecule has 2 heterocycles. The minimum absolute atomic E-state index is 0.373. The summed E-state index contributed by atoms with van der Waals surface area (Å²) >= 11 is 1.53. The third kappa shape index (κ3) is 2.99. The topological polar surface area (TPSA) is 42.7 Å². The van der Waals surface area contributed by atoms with Gasteiger partial charge >= 0.3 is 0 Å². The number of rotatable bonds is 5. The molecular weight excluding hydrogens is 234 g/mol. The molecule has 7 heteroatoms. The lowest BCUT2D eigenvalue weighted by Crippen LogP contribution is -2.07. The van der Waals surface area contributed by atoms with E-state index in [9.17, 15) is 8.78 Å². The molecule has 0 spiro atoms. The second-order valence-electron chi connectivity index (χ2n) is 3.14. The number of halogens is 2. The minimum atomic E-state index is -2.38. The number of aromatic nitrogens is 3. The summed E-state index contributed by atoms with van der Waals surface area (Å²) in [5, 5.41) is 6.99. The van der Waals surface area contributed by atoms with Crippen LogP contribution in [0.3, 0.4) is 0 Å². The molecule has 0 aliphatic carbocycles. The van der Waals surface area contributed by atoms with Crippen molar-refractivity contribution in [2.24, 2.45) is 0 Å². The van der Waals surface area contributed by atoms with Crippen LogP contribution >= 0.6 is 11.3 Å². The zero-order chi connectivity index (χ0) is 11.4. The molecule has 0 aliphatic rings. The molecule has 0 amide bonds. The molecule has 2 rings (SSSR count). The van der Waals surface area contributed by atoms with Crippen molar-refractivity contribution in [3.8, 4) is 0 Å². The zero-order valence-electron chi connectivity index (χ0n) is 8.31. The maximum Gasteiger partial charge on any atom is 0.257 e. The normalized spacial score (nSPS) is 10.9.